The van der Waals surface area contributed by atoms with Crippen LogP contribution in [0.4, 0.5) is 0 Å². The fourth-order valence-corrected chi connectivity index (χ4v) is 6.27. The van der Waals surface area contributed by atoms with Crippen molar-refractivity contribution in [2.24, 2.45) is 0 Å². The van der Waals surface area contributed by atoms with Gasteiger partial charge in [-0.25, -0.2) is 4.98 Å². The van der Waals surface area contributed by atoms with Gasteiger partial charge in [0.15, 0.2) is 11.0 Å². The Labute approximate surface area is 209 Å². The van der Waals surface area contributed by atoms with Crippen molar-refractivity contribution in [1.29, 1.82) is 0 Å². The lowest BCUT2D eigenvalue weighted by Crippen LogP contribution is -2.34. The standard InChI is InChI=1S/C27H31N5O2S/c33-23(31(20-15-16-20)19-10-4-1-5-11-19)18-35-27-28-25-24(22-14-8-3-9-17-30(22)27)26(34)32(29-25)21-12-6-2-7-13-21/h2,6-7,10,12-13,20H,1,3-5,8-9,11,14-18H2. The molecule has 35 heavy (non-hydrogen) atoms. The van der Waals surface area contributed by atoms with E-state index in [4.69, 9.17) is 4.98 Å². The summed E-state index contributed by atoms with van der Waals surface area (Å²) < 4.78 is 3.65. The van der Waals surface area contributed by atoms with E-state index in [9.17, 15) is 9.59 Å². The average Bonchev–Trinajstić information content (AvgIpc) is 3.70. The first-order valence-corrected chi connectivity index (χ1v) is 13.9. The molecule has 1 fully saturated rings. The fourth-order valence-electron chi connectivity index (χ4n) is 5.37. The van der Waals surface area contributed by atoms with Crippen molar-refractivity contribution in [2.45, 2.75) is 82.0 Å². The van der Waals surface area contributed by atoms with Gasteiger partial charge in [-0.3, -0.25) is 9.59 Å². The zero-order valence-corrected chi connectivity index (χ0v) is 20.8. The van der Waals surface area contributed by atoms with Gasteiger partial charge in [0.05, 0.1) is 11.4 Å². The molecule has 0 unspecified atom stereocenters. The minimum Gasteiger partial charge on any atom is -0.324 e. The largest absolute Gasteiger partial charge is 0.324 e. The molecule has 3 heterocycles. The number of allylic oxidation sites excluding steroid dienone is 2. The summed E-state index contributed by atoms with van der Waals surface area (Å²) in [6.45, 7) is 0.822. The second kappa shape index (κ2) is 9.64. The van der Waals surface area contributed by atoms with Crippen LogP contribution in [-0.4, -0.2) is 41.9 Å². The van der Waals surface area contributed by atoms with Gasteiger partial charge in [0.2, 0.25) is 5.91 Å². The predicted octanol–water partition coefficient (Wildman–Crippen LogP) is 4.80. The molecule has 1 aromatic rings. The van der Waals surface area contributed by atoms with Crippen molar-refractivity contribution in [2.75, 3.05) is 5.75 Å². The number of para-hydroxylation sites is 1. The highest BCUT2D eigenvalue weighted by Crippen LogP contribution is 2.35. The molecule has 1 amide bonds. The SMILES string of the molecule is O=C(CSc1nc2nn(-c3ccccc3)c(=O)c-2c2n1CCCCC2)N(C1=CCCCC1)C1CC1. The molecule has 0 bridgehead atoms. The molecular formula is C27H31N5O2S. The van der Waals surface area contributed by atoms with Gasteiger partial charge >= 0.3 is 0 Å². The highest BCUT2D eigenvalue weighted by Gasteiger charge is 2.35. The van der Waals surface area contributed by atoms with Crippen LogP contribution in [0.3, 0.4) is 0 Å². The number of nitrogens with zero attached hydrogens (tertiary/aromatic N) is 5. The van der Waals surface area contributed by atoms with E-state index in [2.05, 4.69) is 20.6 Å². The Hall–Kier alpha value is -2.87. The number of fused-ring (bicyclic) bond motifs is 3. The summed E-state index contributed by atoms with van der Waals surface area (Å²) in [6, 6.07) is 9.89. The molecule has 0 radical (unpaired) electrons. The first kappa shape index (κ1) is 22.6. The molecular weight excluding hydrogens is 458 g/mol. The molecule has 1 saturated carbocycles. The van der Waals surface area contributed by atoms with E-state index >= 15 is 0 Å². The number of hydrogen-bond acceptors (Lipinski definition) is 5. The topological polar surface area (TPSA) is 73.0 Å². The maximum absolute atomic E-state index is 13.4. The summed E-state index contributed by atoms with van der Waals surface area (Å²) in [4.78, 5) is 33.7. The third-order valence-electron chi connectivity index (χ3n) is 7.25. The van der Waals surface area contributed by atoms with E-state index in [-0.39, 0.29) is 11.5 Å². The first-order valence-electron chi connectivity index (χ1n) is 12.9. The molecule has 182 valence electrons. The zero-order chi connectivity index (χ0) is 23.8. The summed E-state index contributed by atoms with van der Waals surface area (Å²) >= 11 is 1.50. The summed E-state index contributed by atoms with van der Waals surface area (Å²) in [5, 5.41) is 5.42. The van der Waals surface area contributed by atoms with E-state index in [1.807, 2.05) is 30.3 Å². The first-order chi connectivity index (χ1) is 17.2. The number of rotatable bonds is 6. The number of benzene rings is 1. The van der Waals surface area contributed by atoms with Gasteiger partial charge < -0.3 is 9.47 Å². The molecule has 2 aliphatic carbocycles. The minimum absolute atomic E-state index is 0.110. The number of amides is 1. The Bertz CT molecular complexity index is 1290. The van der Waals surface area contributed by atoms with Gasteiger partial charge in [-0.15, -0.1) is 5.10 Å². The van der Waals surface area contributed by atoms with Crippen LogP contribution in [0.15, 0.2) is 52.1 Å². The number of carbonyl (C=O) groups is 1. The summed E-state index contributed by atoms with van der Waals surface area (Å²) in [5.41, 5.74) is 3.49. The summed E-state index contributed by atoms with van der Waals surface area (Å²) in [6.07, 6.45) is 13.0. The molecule has 0 N–H and O–H groups in total. The molecule has 0 spiro atoms. The van der Waals surface area contributed by atoms with Gasteiger partial charge in [-0.2, -0.15) is 4.68 Å². The van der Waals surface area contributed by atoms with E-state index in [1.165, 1.54) is 35.0 Å². The van der Waals surface area contributed by atoms with Gasteiger partial charge in [0, 0.05) is 24.0 Å². The molecule has 6 rings (SSSR count). The third kappa shape index (κ3) is 4.44. The number of aromatic nitrogens is 4. The molecule has 0 aromatic heterocycles. The molecule has 0 atom stereocenters. The van der Waals surface area contributed by atoms with Crippen molar-refractivity contribution in [3.8, 4) is 17.1 Å². The number of carbonyl (C=O) groups excluding carboxylic acids is 1. The maximum atomic E-state index is 13.4. The lowest BCUT2D eigenvalue weighted by Gasteiger charge is -2.28. The zero-order valence-electron chi connectivity index (χ0n) is 20.0. The lowest BCUT2D eigenvalue weighted by atomic mass is 10.0. The van der Waals surface area contributed by atoms with Crippen molar-refractivity contribution < 1.29 is 4.79 Å². The van der Waals surface area contributed by atoms with Crippen molar-refractivity contribution >= 4 is 17.7 Å². The van der Waals surface area contributed by atoms with Crippen LogP contribution in [0.25, 0.3) is 17.1 Å². The van der Waals surface area contributed by atoms with E-state index in [1.54, 1.807) is 0 Å². The molecule has 5 aliphatic rings. The molecule has 0 saturated heterocycles. The predicted molar refractivity (Wildman–Crippen MR) is 137 cm³/mol. The summed E-state index contributed by atoms with van der Waals surface area (Å²) in [7, 11) is 0. The Balaban J connectivity index is 1.34. The van der Waals surface area contributed by atoms with Gasteiger partial charge in [0.25, 0.3) is 5.56 Å². The second-order valence-corrected chi connectivity index (χ2v) is 10.7. The van der Waals surface area contributed by atoms with E-state index in [0.717, 1.165) is 74.4 Å². The smallest absolute Gasteiger partial charge is 0.284 e. The lowest BCUT2D eigenvalue weighted by molar-refractivity contribution is -0.127. The minimum atomic E-state index is -0.110. The van der Waals surface area contributed by atoms with Gasteiger partial charge in [0.1, 0.15) is 5.56 Å². The van der Waals surface area contributed by atoms with Gasteiger partial charge in [-0.05, 0) is 69.9 Å². The van der Waals surface area contributed by atoms with Crippen LogP contribution in [0, 0.1) is 0 Å². The van der Waals surface area contributed by atoms with Crippen molar-refractivity contribution in [1.82, 2.24) is 24.2 Å². The Morgan fingerprint density at radius 2 is 1.89 bits per heavy atom. The Morgan fingerprint density at radius 3 is 2.66 bits per heavy atom. The highest BCUT2D eigenvalue weighted by molar-refractivity contribution is 7.99. The quantitative estimate of drug-likeness (QED) is 0.367. The second-order valence-electron chi connectivity index (χ2n) is 9.78. The summed E-state index contributed by atoms with van der Waals surface area (Å²) in [5.74, 6) is 1.01. The van der Waals surface area contributed by atoms with Crippen LogP contribution in [0.5, 0.6) is 0 Å². The molecule has 3 aliphatic heterocycles. The van der Waals surface area contributed by atoms with Crippen molar-refractivity contribution in [3.63, 3.8) is 0 Å². The fraction of sp³-hybridized carbons (Fsp3) is 0.481. The normalized spacial score (nSPS) is 18.1. The Kier molecular flexibility index (Phi) is 6.22. The van der Waals surface area contributed by atoms with E-state index in [0.29, 0.717) is 23.2 Å². The van der Waals surface area contributed by atoms with Crippen molar-refractivity contribution in [3.05, 3.63) is 58.2 Å². The van der Waals surface area contributed by atoms with Crippen LogP contribution in [0.2, 0.25) is 0 Å². The molecule has 1 aromatic carbocycles. The number of hydrogen-bond donors (Lipinski definition) is 0. The Morgan fingerprint density at radius 1 is 1.06 bits per heavy atom. The maximum Gasteiger partial charge on any atom is 0.284 e. The van der Waals surface area contributed by atoms with Crippen LogP contribution in [-0.2, 0) is 17.8 Å². The third-order valence-corrected chi connectivity index (χ3v) is 8.21. The van der Waals surface area contributed by atoms with E-state index < -0.39 is 0 Å². The van der Waals surface area contributed by atoms with Crippen LogP contribution in [0.1, 0.15) is 63.5 Å². The van der Waals surface area contributed by atoms with Crippen LogP contribution >= 0.6 is 11.8 Å². The molecule has 7 nitrogen and oxygen atoms in total. The average molecular weight is 490 g/mol. The number of thioether (sulfide) groups is 1. The molecule has 8 heteroatoms. The van der Waals surface area contributed by atoms with Gasteiger partial charge in [-0.1, -0.05) is 42.5 Å². The monoisotopic (exact) mass is 489 g/mol. The van der Waals surface area contributed by atoms with Crippen LogP contribution < -0.4 is 5.56 Å². The highest BCUT2D eigenvalue weighted by atomic mass is 32.2.